The first-order chi connectivity index (χ1) is 7.85. The Labute approximate surface area is 107 Å². The summed E-state index contributed by atoms with van der Waals surface area (Å²) in [6.45, 7) is 6.16. The highest BCUT2D eigenvalue weighted by molar-refractivity contribution is 8.13. The molecule has 1 aromatic rings. The average molecular weight is 274 g/mol. The summed E-state index contributed by atoms with van der Waals surface area (Å²) in [6.07, 6.45) is 0. The second-order valence-electron chi connectivity index (χ2n) is 4.78. The molecule has 0 unspecified atom stereocenters. The number of halogens is 1. The molecule has 0 aliphatic carbocycles. The van der Waals surface area contributed by atoms with E-state index in [0.29, 0.717) is 6.04 Å². The van der Waals surface area contributed by atoms with Crippen LogP contribution < -0.4 is 0 Å². The Morgan fingerprint density at radius 2 is 1.94 bits per heavy atom. The zero-order valence-corrected chi connectivity index (χ0v) is 11.6. The molecular weight excluding hydrogens is 258 g/mol. The summed E-state index contributed by atoms with van der Waals surface area (Å²) in [6, 6.07) is 6.32. The highest BCUT2D eigenvalue weighted by Gasteiger charge is 2.21. The smallest absolute Gasteiger partial charge is 0.236 e. The minimum absolute atomic E-state index is 0.0937. The molecule has 1 heterocycles. The lowest BCUT2D eigenvalue weighted by molar-refractivity contribution is 0.227. The molecule has 3 nitrogen and oxygen atoms in total. The second kappa shape index (κ2) is 4.59. The second-order valence-corrected chi connectivity index (χ2v) is 7.56. The van der Waals surface area contributed by atoms with Gasteiger partial charge in [-0.25, -0.2) is 8.42 Å². The molecule has 17 heavy (non-hydrogen) atoms. The predicted molar refractivity (Wildman–Crippen MR) is 69.3 cm³/mol. The van der Waals surface area contributed by atoms with Gasteiger partial charge in [0.15, 0.2) is 0 Å². The Balaban J connectivity index is 2.21. The van der Waals surface area contributed by atoms with Crippen LogP contribution in [0.15, 0.2) is 18.2 Å². The van der Waals surface area contributed by atoms with E-state index in [0.717, 1.165) is 18.7 Å². The third kappa shape index (κ3) is 3.21. The van der Waals surface area contributed by atoms with Gasteiger partial charge in [0, 0.05) is 29.8 Å². The average Bonchev–Trinajstić information content (AvgIpc) is 2.57. The van der Waals surface area contributed by atoms with Gasteiger partial charge in [-0.05, 0) is 30.5 Å². The molecular formula is C12H16ClNO2S. The molecule has 0 bridgehead atoms. The van der Waals surface area contributed by atoms with Crippen LogP contribution in [0.1, 0.15) is 30.5 Å². The number of hydrogen-bond donors (Lipinski definition) is 0. The third-order valence-corrected chi connectivity index (χ3v) is 4.09. The summed E-state index contributed by atoms with van der Waals surface area (Å²) < 4.78 is 22.1. The molecule has 0 aromatic heterocycles. The fraction of sp³-hybridized carbons (Fsp3) is 0.500. The Morgan fingerprint density at radius 3 is 2.53 bits per heavy atom. The molecule has 0 atom stereocenters. The molecule has 2 rings (SSSR count). The third-order valence-electron chi connectivity index (χ3n) is 3.09. The van der Waals surface area contributed by atoms with Crippen molar-refractivity contribution in [3.05, 3.63) is 34.9 Å². The molecule has 0 amide bonds. The first-order valence-corrected chi connectivity index (χ1v) is 8.10. The van der Waals surface area contributed by atoms with Gasteiger partial charge in [-0.2, -0.15) is 0 Å². The fourth-order valence-corrected chi connectivity index (χ4v) is 3.08. The highest BCUT2D eigenvalue weighted by atomic mass is 35.7. The molecule has 0 N–H and O–H groups in total. The number of nitrogens with zero attached hydrogens (tertiary/aromatic N) is 1. The largest absolute Gasteiger partial charge is 0.292 e. The van der Waals surface area contributed by atoms with E-state index in [2.05, 4.69) is 18.7 Å². The maximum Gasteiger partial charge on any atom is 0.236 e. The standard InChI is InChI=1S/C12H16ClNO2S/c1-9(2)14-6-11-4-3-10(5-12(11)7-14)8-17(13,15)16/h3-5,9H,6-8H2,1-2H3. The summed E-state index contributed by atoms with van der Waals surface area (Å²) in [4.78, 5) is 2.35. The van der Waals surface area contributed by atoms with Crippen molar-refractivity contribution in [2.24, 2.45) is 0 Å². The van der Waals surface area contributed by atoms with E-state index < -0.39 is 9.05 Å². The number of benzene rings is 1. The van der Waals surface area contributed by atoms with Crippen LogP contribution in [-0.4, -0.2) is 19.4 Å². The van der Waals surface area contributed by atoms with Crippen LogP contribution in [0, 0.1) is 0 Å². The number of hydrogen-bond acceptors (Lipinski definition) is 3. The maximum atomic E-state index is 11.0. The summed E-state index contributed by atoms with van der Waals surface area (Å²) >= 11 is 0. The zero-order valence-electron chi connectivity index (χ0n) is 9.98. The number of fused-ring (bicyclic) bond motifs is 1. The van der Waals surface area contributed by atoms with Crippen molar-refractivity contribution in [3.63, 3.8) is 0 Å². The van der Waals surface area contributed by atoms with E-state index >= 15 is 0 Å². The highest BCUT2D eigenvalue weighted by Crippen LogP contribution is 2.26. The maximum absolute atomic E-state index is 11.0. The quantitative estimate of drug-likeness (QED) is 0.794. The van der Waals surface area contributed by atoms with Crippen molar-refractivity contribution in [1.82, 2.24) is 4.90 Å². The lowest BCUT2D eigenvalue weighted by Crippen LogP contribution is -2.24. The molecule has 1 aromatic carbocycles. The monoisotopic (exact) mass is 273 g/mol. The van der Waals surface area contributed by atoms with Crippen LogP contribution in [0.25, 0.3) is 0 Å². The Hall–Kier alpha value is -0.580. The van der Waals surface area contributed by atoms with E-state index in [9.17, 15) is 8.42 Å². The van der Waals surface area contributed by atoms with E-state index in [1.807, 2.05) is 18.2 Å². The van der Waals surface area contributed by atoms with Crippen molar-refractivity contribution in [2.45, 2.75) is 38.7 Å². The van der Waals surface area contributed by atoms with Gasteiger partial charge in [-0.15, -0.1) is 0 Å². The van der Waals surface area contributed by atoms with Gasteiger partial charge in [0.2, 0.25) is 9.05 Å². The first kappa shape index (κ1) is 12.9. The molecule has 1 aliphatic rings. The summed E-state index contributed by atoms with van der Waals surface area (Å²) in [5, 5.41) is 0. The van der Waals surface area contributed by atoms with Crippen LogP contribution >= 0.6 is 10.7 Å². The predicted octanol–water partition coefficient (Wildman–Crippen LogP) is 2.48. The zero-order chi connectivity index (χ0) is 12.6. The van der Waals surface area contributed by atoms with E-state index in [4.69, 9.17) is 10.7 Å². The minimum atomic E-state index is -3.47. The van der Waals surface area contributed by atoms with Gasteiger partial charge < -0.3 is 0 Å². The van der Waals surface area contributed by atoms with Crippen LogP contribution in [0.3, 0.4) is 0 Å². The normalized spacial score (nSPS) is 16.5. The van der Waals surface area contributed by atoms with Crippen molar-refractivity contribution in [2.75, 3.05) is 0 Å². The molecule has 5 heteroatoms. The lowest BCUT2D eigenvalue weighted by atomic mass is 10.1. The van der Waals surface area contributed by atoms with Crippen molar-refractivity contribution >= 4 is 19.7 Å². The number of rotatable bonds is 3. The Bertz CT molecular complexity index is 525. The van der Waals surface area contributed by atoms with Crippen LogP contribution in [0.5, 0.6) is 0 Å². The molecule has 1 aliphatic heterocycles. The van der Waals surface area contributed by atoms with Crippen molar-refractivity contribution < 1.29 is 8.42 Å². The molecule has 0 saturated heterocycles. The van der Waals surface area contributed by atoms with Gasteiger partial charge >= 0.3 is 0 Å². The summed E-state index contributed by atoms with van der Waals surface area (Å²) in [5.41, 5.74) is 3.27. The van der Waals surface area contributed by atoms with E-state index in [1.165, 1.54) is 11.1 Å². The topological polar surface area (TPSA) is 37.4 Å². The lowest BCUT2D eigenvalue weighted by Gasteiger charge is -2.18. The molecule has 94 valence electrons. The molecule has 0 fully saturated rings. The van der Waals surface area contributed by atoms with Crippen LogP contribution in [-0.2, 0) is 27.9 Å². The Morgan fingerprint density at radius 1 is 1.29 bits per heavy atom. The van der Waals surface area contributed by atoms with Gasteiger partial charge in [-0.3, -0.25) is 4.90 Å². The van der Waals surface area contributed by atoms with Gasteiger partial charge in [0.25, 0.3) is 0 Å². The first-order valence-electron chi connectivity index (χ1n) is 5.62. The fourth-order valence-electron chi connectivity index (χ4n) is 2.13. The van der Waals surface area contributed by atoms with Crippen LogP contribution in [0.2, 0.25) is 0 Å². The molecule has 0 saturated carbocycles. The van der Waals surface area contributed by atoms with E-state index in [-0.39, 0.29) is 5.75 Å². The van der Waals surface area contributed by atoms with Crippen molar-refractivity contribution in [1.29, 1.82) is 0 Å². The van der Waals surface area contributed by atoms with Gasteiger partial charge in [0.1, 0.15) is 0 Å². The summed E-state index contributed by atoms with van der Waals surface area (Å²) in [5.74, 6) is -0.0937. The summed E-state index contributed by atoms with van der Waals surface area (Å²) in [7, 11) is 1.79. The van der Waals surface area contributed by atoms with Crippen LogP contribution in [0.4, 0.5) is 0 Å². The SMILES string of the molecule is CC(C)N1Cc2ccc(CS(=O)(=O)Cl)cc2C1. The Kier molecular flexibility index (Phi) is 3.48. The van der Waals surface area contributed by atoms with E-state index in [1.54, 1.807) is 0 Å². The van der Waals surface area contributed by atoms with Crippen molar-refractivity contribution in [3.8, 4) is 0 Å². The molecule has 0 spiro atoms. The minimum Gasteiger partial charge on any atom is -0.292 e. The molecule has 0 radical (unpaired) electrons. The van der Waals surface area contributed by atoms with Gasteiger partial charge in [-0.1, -0.05) is 18.2 Å². The van der Waals surface area contributed by atoms with Gasteiger partial charge in [0.05, 0.1) is 5.75 Å².